The lowest BCUT2D eigenvalue weighted by Gasteiger charge is -2.23. The molecule has 1 aliphatic heterocycles. The van der Waals surface area contributed by atoms with Crippen molar-refractivity contribution in [2.45, 2.75) is 45.1 Å². The van der Waals surface area contributed by atoms with Crippen molar-refractivity contribution in [2.75, 3.05) is 13.7 Å². The molecule has 0 aliphatic carbocycles. The minimum Gasteiger partial charge on any atom is -0.494 e. The summed E-state index contributed by atoms with van der Waals surface area (Å²) >= 11 is 0. The Labute approximate surface area is 214 Å². The molecule has 2 aromatic carbocycles. The number of imide groups is 1. The van der Waals surface area contributed by atoms with E-state index in [1.165, 1.54) is 31.2 Å². The van der Waals surface area contributed by atoms with E-state index in [1.807, 2.05) is 24.3 Å². The van der Waals surface area contributed by atoms with Crippen LogP contribution in [0.5, 0.6) is 5.75 Å². The lowest BCUT2D eigenvalue weighted by Crippen LogP contribution is -2.46. The number of nitrogens with zero attached hydrogens (tertiary/aromatic N) is 5. The number of rotatable bonds is 12. The number of amides is 2. The standard InChI is InChI=1S/C27H29N5O5/c1-3-4-5-6-17-37-22-13-9-20(10-14-22)26-28-30-32(29-26)21-11-7-19(8-12-21)18-23(27(35)36-2)31-24(33)15-16-25(31)34/h7-16,23H,3-6,17-18H2,1-2H3/t23-/m0/s1. The van der Waals surface area contributed by atoms with Crippen LogP contribution in [0.25, 0.3) is 17.1 Å². The van der Waals surface area contributed by atoms with Crippen LogP contribution in [0.3, 0.4) is 0 Å². The summed E-state index contributed by atoms with van der Waals surface area (Å²) in [4.78, 5) is 38.8. The summed E-state index contributed by atoms with van der Waals surface area (Å²) in [6.07, 6.45) is 7.04. The van der Waals surface area contributed by atoms with Crippen LogP contribution in [0, 0.1) is 0 Å². The quantitative estimate of drug-likeness (QED) is 0.210. The van der Waals surface area contributed by atoms with Gasteiger partial charge in [0.1, 0.15) is 11.8 Å². The van der Waals surface area contributed by atoms with Crippen molar-refractivity contribution in [2.24, 2.45) is 0 Å². The van der Waals surface area contributed by atoms with Gasteiger partial charge in [-0.2, -0.15) is 0 Å². The zero-order valence-electron chi connectivity index (χ0n) is 20.9. The SMILES string of the molecule is CCCCCCOc1ccc(-c2nnn(-c3ccc(C[C@@H](C(=O)OC)N4C(=O)C=CC4=O)cc3)n2)cc1. The van der Waals surface area contributed by atoms with Crippen molar-refractivity contribution >= 4 is 17.8 Å². The first-order valence-electron chi connectivity index (χ1n) is 12.3. The number of esters is 1. The van der Waals surface area contributed by atoms with E-state index in [0.717, 1.165) is 40.3 Å². The van der Waals surface area contributed by atoms with Gasteiger partial charge in [0.2, 0.25) is 5.82 Å². The maximum atomic E-state index is 12.3. The molecule has 1 aromatic heterocycles. The topological polar surface area (TPSA) is 117 Å². The zero-order valence-corrected chi connectivity index (χ0v) is 20.9. The molecule has 0 saturated heterocycles. The maximum absolute atomic E-state index is 12.3. The molecule has 0 radical (unpaired) electrons. The molecule has 0 fully saturated rings. The number of methoxy groups -OCH3 is 1. The van der Waals surface area contributed by atoms with E-state index in [-0.39, 0.29) is 6.42 Å². The summed E-state index contributed by atoms with van der Waals surface area (Å²) in [7, 11) is 1.22. The van der Waals surface area contributed by atoms with Gasteiger partial charge in [0.05, 0.1) is 19.4 Å². The molecule has 10 heteroatoms. The van der Waals surface area contributed by atoms with Gasteiger partial charge in [-0.3, -0.25) is 14.5 Å². The monoisotopic (exact) mass is 503 g/mol. The highest BCUT2D eigenvalue weighted by Gasteiger charge is 2.36. The van der Waals surface area contributed by atoms with Gasteiger partial charge in [0.15, 0.2) is 0 Å². The Hall–Kier alpha value is -4.34. The Morgan fingerprint density at radius 1 is 0.946 bits per heavy atom. The summed E-state index contributed by atoms with van der Waals surface area (Å²) in [5.41, 5.74) is 2.21. The average Bonchev–Trinajstić information content (AvgIpc) is 3.54. The van der Waals surface area contributed by atoms with Crippen LogP contribution in [-0.4, -0.2) is 62.6 Å². The number of carbonyl (C=O) groups excluding carboxylic acids is 3. The van der Waals surface area contributed by atoms with Gasteiger partial charge in [-0.15, -0.1) is 15.0 Å². The Morgan fingerprint density at radius 3 is 2.30 bits per heavy atom. The normalized spacial score (nSPS) is 13.7. The lowest BCUT2D eigenvalue weighted by atomic mass is 10.0. The molecule has 3 aromatic rings. The molecule has 4 rings (SSSR count). The van der Waals surface area contributed by atoms with Crippen molar-refractivity contribution in [1.82, 2.24) is 25.1 Å². The molecular formula is C27H29N5O5. The smallest absolute Gasteiger partial charge is 0.329 e. The predicted molar refractivity (Wildman–Crippen MR) is 135 cm³/mol. The van der Waals surface area contributed by atoms with Gasteiger partial charge >= 0.3 is 5.97 Å². The number of unbranched alkanes of at least 4 members (excludes halogenated alkanes) is 3. The summed E-state index contributed by atoms with van der Waals surface area (Å²) in [5, 5.41) is 12.8. The van der Waals surface area contributed by atoms with Gasteiger partial charge < -0.3 is 9.47 Å². The van der Waals surface area contributed by atoms with E-state index in [2.05, 4.69) is 22.3 Å². The summed E-state index contributed by atoms with van der Waals surface area (Å²) in [5.74, 6) is -0.458. The predicted octanol–water partition coefficient (Wildman–Crippen LogP) is 3.30. The van der Waals surface area contributed by atoms with Crippen molar-refractivity contribution in [3.63, 3.8) is 0 Å². The van der Waals surface area contributed by atoms with E-state index in [4.69, 9.17) is 9.47 Å². The molecule has 0 bridgehead atoms. The number of ether oxygens (including phenoxy) is 2. The molecule has 1 atom stereocenters. The Kier molecular flexibility index (Phi) is 8.40. The van der Waals surface area contributed by atoms with Gasteiger partial charge in [0, 0.05) is 24.1 Å². The molecule has 1 aliphatic rings. The van der Waals surface area contributed by atoms with E-state index < -0.39 is 23.8 Å². The number of hydrogen-bond donors (Lipinski definition) is 0. The third kappa shape index (κ3) is 6.27. The Balaban J connectivity index is 1.40. The highest BCUT2D eigenvalue weighted by molar-refractivity contribution is 6.14. The minimum atomic E-state index is -1.05. The Morgan fingerprint density at radius 2 is 1.65 bits per heavy atom. The van der Waals surface area contributed by atoms with Crippen LogP contribution in [0.15, 0.2) is 60.7 Å². The third-order valence-corrected chi connectivity index (χ3v) is 6.02. The molecule has 0 N–H and O–H groups in total. The fourth-order valence-electron chi connectivity index (χ4n) is 3.98. The average molecular weight is 504 g/mol. The van der Waals surface area contributed by atoms with E-state index in [1.54, 1.807) is 24.3 Å². The number of hydrogen-bond acceptors (Lipinski definition) is 8. The van der Waals surface area contributed by atoms with Gasteiger partial charge in [-0.25, -0.2) is 4.79 Å². The largest absolute Gasteiger partial charge is 0.494 e. The summed E-state index contributed by atoms with van der Waals surface area (Å²) in [6.45, 7) is 2.88. The van der Waals surface area contributed by atoms with Crippen LogP contribution < -0.4 is 4.74 Å². The lowest BCUT2D eigenvalue weighted by molar-refractivity contribution is -0.155. The van der Waals surface area contributed by atoms with Gasteiger partial charge in [-0.05, 0) is 53.6 Å². The number of aromatic nitrogens is 4. The maximum Gasteiger partial charge on any atom is 0.329 e. The van der Waals surface area contributed by atoms with Crippen LogP contribution in [0.2, 0.25) is 0 Å². The van der Waals surface area contributed by atoms with E-state index in [9.17, 15) is 14.4 Å². The van der Waals surface area contributed by atoms with Crippen LogP contribution in [-0.2, 0) is 25.5 Å². The highest BCUT2D eigenvalue weighted by atomic mass is 16.5. The first-order chi connectivity index (χ1) is 18.0. The molecule has 0 unspecified atom stereocenters. The molecule has 2 heterocycles. The molecule has 0 saturated carbocycles. The van der Waals surface area contributed by atoms with Gasteiger partial charge in [0.25, 0.3) is 11.8 Å². The second-order valence-electron chi connectivity index (χ2n) is 8.63. The summed E-state index contributed by atoms with van der Waals surface area (Å²) in [6, 6.07) is 13.6. The first kappa shape index (κ1) is 25.7. The van der Waals surface area contributed by atoms with Crippen molar-refractivity contribution in [3.05, 3.63) is 66.2 Å². The molecule has 0 spiro atoms. The van der Waals surface area contributed by atoms with Crippen molar-refractivity contribution in [3.8, 4) is 22.8 Å². The zero-order chi connectivity index (χ0) is 26.2. The molecular weight excluding hydrogens is 474 g/mol. The van der Waals surface area contributed by atoms with Crippen LogP contribution in [0.4, 0.5) is 0 Å². The fraction of sp³-hybridized carbons (Fsp3) is 0.333. The van der Waals surface area contributed by atoms with Crippen molar-refractivity contribution in [1.29, 1.82) is 0 Å². The van der Waals surface area contributed by atoms with E-state index in [0.29, 0.717) is 18.1 Å². The first-order valence-corrected chi connectivity index (χ1v) is 12.3. The second-order valence-corrected chi connectivity index (χ2v) is 8.63. The van der Waals surface area contributed by atoms with Crippen LogP contribution >= 0.6 is 0 Å². The summed E-state index contributed by atoms with van der Waals surface area (Å²) < 4.78 is 10.6. The molecule has 2 amide bonds. The minimum absolute atomic E-state index is 0.120. The highest BCUT2D eigenvalue weighted by Crippen LogP contribution is 2.21. The second kappa shape index (κ2) is 12.1. The number of benzene rings is 2. The fourth-order valence-corrected chi connectivity index (χ4v) is 3.98. The van der Waals surface area contributed by atoms with Gasteiger partial charge in [-0.1, -0.05) is 38.3 Å². The molecule has 192 valence electrons. The van der Waals surface area contributed by atoms with E-state index >= 15 is 0 Å². The number of carbonyl (C=O) groups is 3. The van der Waals surface area contributed by atoms with Crippen LogP contribution in [0.1, 0.15) is 38.2 Å². The third-order valence-electron chi connectivity index (χ3n) is 6.02. The molecule has 10 nitrogen and oxygen atoms in total. The number of tetrazole rings is 1. The Bertz CT molecular complexity index is 1250. The molecule has 37 heavy (non-hydrogen) atoms. The van der Waals surface area contributed by atoms with Crippen molar-refractivity contribution < 1.29 is 23.9 Å².